The Balaban J connectivity index is -0.000000275. The van der Waals surface area contributed by atoms with Gasteiger partial charge in [0, 0.05) is 14.1 Å². The highest BCUT2D eigenvalue weighted by Gasteiger charge is 2.34. The maximum atomic E-state index is 12.1. The minimum absolute atomic E-state index is 0.0146. The molecule has 0 aliphatic carbocycles. The van der Waals surface area contributed by atoms with E-state index in [1.807, 2.05) is 0 Å². The summed E-state index contributed by atoms with van der Waals surface area (Å²) in [5.74, 6) is -9.53. The van der Waals surface area contributed by atoms with Crippen LogP contribution in [-0.4, -0.2) is 296 Å². The SMILES string of the molecule is C=CCOC(=O)N[C@@H](CC(=O)OC(C)(C)C)C(=O)N(C)OC.C=CCOC(=O)N[C@@H](CC(=O)OC(C)(C)C)C(=O)N(C)OC.C=CCOC(=O)N[C@@H](CC(=O)OC(C)(C)C)C(=O)O.C=CCOC(=O)N[C@@H](CC(=O)OC(C)(C)C)C(=O)O.C=CCOC(=O)N[C@H](C=O)CC(=O)OC(C)(C)C.C=CCOC(=O)N[C@H](C=O)CC(=O)OC(C)(C)C.CC(C)(C)OC(=O)C[C@H](N)C(=O)O. The number of esters is 7. The molecule has 0 heterocycles. The number of nitrogens with zero attached hydrogens (tertiary/aromatic N) is 2. The molecule has 0 unspecified atom stereocenters. The summed E-state index contributed by atoms with van der Waals surface area (Å²) in [4.78, 5) is 235. The molecule has 0 bridgehead atoms. The second-order valence-electron chi connectivity index (χ2n) is 33.1. The highest BCUT2D eigenvalue weighted by Crippen LogP contribution is 2.17. The van der Waals surface area contributed by atoms with Crippen LogP contribution in [0.4, 0.5) is 28.8 Å². The fraction of sp³-hybridized carbons (Fsp3) is 0.619. The van der Waals surface area contributed by atoms with Gasteiger partial charge in [-0.05, 0) is 145 Å². The number of alkyl carbamates (subject to hydrolysis) is 6. The lowest BCUT2D eigenvalue weighted by atomic mass is 10.1. The van der Waals surface area contributed by atoms with Crippen LogP contribution in [0.15, 0.2) is 75.9 Å². The summed E-state index contributed by atoms with van der Waals surface area (Å²) in [6, 6.07) is -8.21. The molecular formula is C84H139N9O38. The number of nitrogens with two attached hydrogens (primary N) is 1. The van der Waals surface area contributed by atoms with E-state index in [2.05, 4.69) is 90.3 Å². The van der Waals surface area contributed by atoms with Gasteiger partial charge >= 0.3 is 96.3 Å². The molecule has 0 aliphatic rings. The number of likely N-dealkylation sites (N-methyl/N-ethyl adjacent to an activating group) is 2. The molecule has 0 rings (SSSR count). The Hall–Kier alpha value is -13.1. The van der Waals surface area contributed by atoms with Crippen LogP contribution in [-0.2, 0) is 138 Å². The zero-order chi connectivity index (χ0) is 104. The van der Waals surface area contributed by atoms with Crippen LogP contribution < -0.4 is 37.6 Å². The lowest BCUT2D eigenvalue weighted by Crippen LogP contribution is -2.48. The van der Waals surface area contributed by atoms with Crippen LogP contribution in [0.1, 0.15) is 190 Å². The predicted molar refractivity (Wildman–Crippen MR) is 467 cm³/mol. The maximum absolute atomic E-state index is 12.1. The second kappa shape index (κ2) is 68.1. The van der Waals surface area contributed by atoms with Gasteiger partial charge < -0.3 is 124 Å². The Morgan fingerprint density at radius 1 is 0.290 bits per heavy atom. The van der Waals surface area contributed by atoms with Crippen LogP contribution in [0, 0.1) is 0 Å². The number of carbonyl (C=O) groups is 20. The monoisotopic (exact) mass is 1880 g/mol. The first kappa shape index (κ1) is 131. The molecular weight excluding hydrogens is 1740 g/mol. The van der Waals surface area contributed by atoms with Gasteiger partial charge in [-0.3, -0.25) is 57.6 Å². The number of hydroxylamine groups is 4. The van der Waals surface area contributed by atoms with Crippen LogP contribution in [0.2, 0.25) is 0 Å². The quantitative estimate of drug-likeness (QED) is 0.00996. The average molecular weight is 1880 g/mol. The van der Waals surface area contributed by atoms with Crippen molar-refractivity contribution in [3.63, 3.8) is 0 Å². The minimum Gasteiger partial charge on any atom is -0.480 e. The van der Waals surface area contributed by atoms with Crippen LogP contribution in [0.3, 0.4) is 0 Å². The Bertz CT molecular complexity index is 3490. The number of aliphatic carboxylic acids is 3. The molecule has 0 radical (unpaired) electrons. The number of carboxylic acids is 3. The van der Waals surface area contributed by atoms with Crippen molar-refractivity contribution in [2.45, 2.75) is 272 Å². The smallest absolute Gasteiger partial charge is 0.408 e. The van der Waals surface area contributed by atoms with Crippen molar-refractivity contribution < 1.29 is 182 Å². The Morgan fingerprint density at radius 3 is 0.618 bits per heavy atom. The van der Waals surface area contributed by atoms with Gasteiger partial charge in [0.1, 0.15) is 122 Å². The number of carbonyl (C=O) groups excluding carboxylic acids is 17. The van der Waals surface area contributed by atoms with Gasteiger partial charge in [0.05, 0.1) is 71.2 Å². The average Bonchev–Trinajstić information content (AvgIpc) is 0.866. The summed E-state index contributed by atoms with van der Waals surface area (Å²) in [6.07, 6.45) is 1.62. The maximum Gasteiger partial charge on any atom is 0.408 e. The molecule has 0 saturated carbocycles. The second-order valence-corrected chi connectivity index (χ2v) is 33.1. The summed E-state index contributed by atoms with van der Waals surface area (Å²) in [5.41, 5.74) is 0.448. The van der Waals surface area contributed by atoms with E-state index in [4.69, 9.17) is 73.4 Å². The molecule has 0 aromatic heterocycles. The molecule has 0 spiro atoms. The van der Waals surface area contributed by atoms with Crippen molar-refractivity contribution in [3.05, 3.63) is 75.9 Å². The van der Waals surface area contributed by atoms with E-state index in [0.717, 1.165) is 10.1 Å². The van der Waals surface area contributed by atoms with Crippen LogP contribution >= 0.6 is 0 Å². The number of nitrogens with one attached hydrogen (secondary N) is 6. The summed E-state index contributed by atoms with van der Waals surface area (Å²) < 4.78 is 63.0. The fourth-order valence-electron chi connectivity index (χ4n) is 7.59. The van der Waals surface area contributed by atoms with Gasteiger partial charge in [-0.1, -0.05) is 75.9 Å². The highest BCUT2D eigenvalue weighted by molar-refractivity contribution is 5.91. The molecule has 0 aromatic carbocycles. The minimum atomic E-state index is -1.40. The van der Waals surface area contributed by atoms with E-state index < -0.39 is 202 Å². The normalized spacial score (nSPS) is 12.3. The predicted octanol–water partition coefficient (Wildman–Crippen LogP) is 6.73. The van der Waals surface area contributed by atoms with Crippen LogP contribution in [0.25, 0.3) is 0 Å². The molecule has 47 nitrogen and oxygen atoms in total. The Morgan fingerprint density at radius 2 is 0.458 bits per heavy atom. The van der Waals surface area contributed by atoms with Crippen molar-refractivity contribution in [2.24, 2.45) is 5.73 Å². The number of hydrogen-bond donors (Lipinski definition) is 10. The zero-order valence-corrected chi connectivity index (χ0v) is 79.7. The van der Waals surface area contributed by atoms with Crippen molar-refractivity contribution in [2.75, 3.05) is 68.0 Å². The molecule has 8 amide bonds. The third kappa shape index (κ3) is 86.1. The molecule has 0 aliphatic heterocycles. The largest absolute Gasteiger partial charge is 0.480 e. The van der Waals surface area contributed by atoms with Crippen molar-refractivity contribution in [1.29, 1.82) is 0 Å². The lowest BCUT2D eigenvalue weighted by molar-refractivity contribution is -0.173. The fourth-order valence-corrected chi connectivity index (χ4v) is 7.59. The zero-order valence-electron chi connectivity index (χ0n) is 79.7. The first-order valence-electron chi connectivity index (χ1n) is 39.6. The van der Waals surface area contributed by atoms with Gasteiger partial charge in [0.25, 0.3) is 11.8 Å². The number of carboxylic acid groups (broad SMARTS) is 3. The molecule has 748 valence electrons. The summed E-state index contributed by atoms with van der Waals surface area (Å²) in [5, 5.41) is 41.2. The molecule has 11 N–H and O–H groups in total. The lowest BCUT2D eigenvalue weighted by Gasteiger charge is -2.24. The van der Waals surface area contributed by atoms with Crippen molar-refractivity contribution in [3.8, 4) is 0 Å². The highest BCUT2D eigenvalue weighted by atomic mass is 16.7. The van der Waals surface area contributed by atoms with Gasteiger partial charge in [-0.15, -0.1) is 0 Å². The summed E-state index contributed by atoms with van der Waals surface area (Å²) in [7, 11) is 5.30. The van der Waals surface area contributed by atoms with Gasteiger partial charge in [0.2, 0.25) is 0 Å². The van der Waals surface area contributed by atoms with Gasteiger partial charge in [-0.2, -0.15) is 0 Å². The molecule has 131 heavy (non-hydrogen) atoms. The Kier molecular flexibility index (Phi) is 68.1. The number of aldehydes is 2. The molecule has 0 fully saturated rings. The number of ether oxygens (including phenoxy) is 13. The van der Waals surface area contributed by atoms with E-state index in [1.165, 1.54) is 64.8 Å². The van der Waals surface area contributed by atoms with E-state index in [9.17, 15) is 95.9 Å². The summed E-state index contributed by atoms with van der Waals surface area (Å²) >= 11 is 0. The van der Waals surface area contributed by atoms with E-state index in [1.54, 1.807) is 145 Å². The van der Waals surface area contributed by atoms with E-state index in [-0.39, 0.29) is 71.7 Å². The van der Waals surface area contributed by atoms with E-state index in [0.29, 0.717) is 12.6 Å². The number of hydrogen-bond acceptors (Lipinski definition) is 36. The third-order valence-corrected chi connectivity index (χ3v) is 12.4. The summed E-state index contributed by atoms with van der Waals surface area (Å²) in [6.45, 7) is 55.7. The molecule has 0 aromatic rings. The van der Waals surface area contributed by atoms with Crippen molar-refractivity contribution >= 4 is 121 Å². The molecule has 47 heteroatoms. The first-order valence-corrected chi connectivity index (χ1v) is 39.6. The molecule has 0 saturated heterocycles. The van der Waals surface area contributed by atoms with Crippen LogP contribution in [0.5, 0.6) is 0 Å². The van der Waals surface area contributed by atoms with E-state index >= 15 is 0 Å². The Labute approximate surface area is 763 Å². The molecule has 7 atom stereocenters. The standard InChI is InChI=1S/2C14H24N2O6.2C12H19NO6.2C12H19NO5.C8H15NO4/c2*1-7-8-21-13(19)15-10(12(18)16(5)20-6)9-11(17)22-14(2,3)4;2*1-5-6-18-11(17)13-8(10(15)16)7-9(14)19-12(2,3)4;2*1-5-6-17-11(16)13-9(8-14)7-10(15)18-12(2,3)4;1-8(2,3)13-6(10)4-5(9)7(11)12/h2*7,10H,1,8-9H2,2-6H3,(H,15,19);2*5,8H,1,6-7H2,2-4H3,(H,13,17)(H,15,16);2*5,8-9H,1,6-7H2,2-4H3,(H,13,16);5H,4,9H2,1-3H3,(H,11,12)/t2*10-;2*8-;2*9-;5-/m0000000/s1. The number of rotatable bonds is 41. The first-order chi connectivity index (χ1) is 59.8. The topological polar surface area (TPSA) is 645 Å². The van der Waals surface area contributed by atoms with Gasteiger partial charge in [0.15, 0.2) is 0 Å². The third-order valence-electron chi connectivity index (χ3n) is 12.4. The van der Waals surface area contributed by atoms with Gasteiger partial charge in [-0.25, -0.2) is 48.5 Å². The number of amides is 8. The van der Waals surface area contributed by atoms with Crippen molar-refractivity contribution in [1.82, 2.24) is 42.0 Å².